The van der Waals surface area contributed by atoms with Gasteiger partial charge in [0.1, 0.15) is 0 Å². The first kappa shape index (κ1) is 20.4. The molecule has 0 aromatic heterocycles. The second-order valence-electron chi connectivity index (χ2n) is 7.17. The second kappa shape index (κ2) is 12.0. The van der Waals surface area contributed by atoms with Crippen LogP contribution in [0.5, 0.6) is 0 Å². The monoisotopic (exact) mass is 299 g/mol. The molecular weight excluding hydrogens is 262 g/mol. The number of ether oxygens (including phenoxy) is 1. The van der Waals surface area contributed by atoms with Crippen molar-refractivity contribution in [3.63, 3.8) is 0 Å². The van der Waals surface area contributed by atoms with Crippen LogP contribution in [0.15, 0.2) is 0 Å². The minimum Gasteiger partial charge on any atom is -0.466 e. The Labute approximate surface area is 132 Å². The molecule has 0 spiro atoms. The van der Waals surface area contributed by atoms with Gasteiger partial charge in [-0.15, -0.1) is 0 Å². The van der Waals surface area contributed by atoms with Gasteiger partial charge >= 0.3 is 5.97 Å². The lowest BCUT2D eigenvalue weighted by atomic mass is 9.76. The highest BCUT2D eigenvalue weighted by Gasteiger charge is 2.24. The van der Waals surface area contributed by atoms with Crippen molar-refractivity contribution in [1.29, 1.82) is 0 Å². The zero-order chi connectivity index (χ0) is 16.1. The quantitative estimate of drug-likeness (QED) is 0.420. The van der Waals surface area contributed by atoms with Crippen LogP contribution in [-0.2, 0) is 9.53 Å². The van der Waals surface area contributed by atoms with E-state index in [4.69, 9.17) is 10.5 Å². The van der Waals surface area contributed by atoms with Gasteiger partial charge in [0.25, 0.3) is 0 Å². The maximum atomic E-state index is 11.8. The Balaban J connectivity index is 3.69. The zero-order valence-corrected chi connectivity index (χ0v) is 14.7. The average molecular weight is 299 g/mol. The van der Waals surface area contributed by atoms with Crippen molar-refractivity contribution in [2.45, 2.75) is 85.5 Å². The summed E-state index contributed by atoms with van der Waals surface area (Å²) in [5.74, 6) is 0.443. The van der Waals surface area contributed by atoms with Gasteiger partial charge in [-0.05, 0) is 37.1 Å². The largest absolute Gasteiger partial charge is 0.466 e. The first-order chi connectivity index (χ1) is 9.91. The molecule has 0 aliphatic carbocycles. The number of hydrogen-bond acceptors (Lipinski definition) is 3. The molecule has 0 aliphatic rings. The van der Waals surface area contributed by atoms with Crippen molar-refractivity contribution in [1.82, 2.24) is 0 Å². The van der Waals surface area contributed by atoms with Crippen LogP contribution in [0.3, 0.4) is 0 Å². The highest BCUT2D eigenvalue weighted by atomic mass is 16.5. The van der Waals surface area contributed by atoms with E-state index in [2.05, 4.69) is 27.7 Å². The number of esters is 1. The standard InChI is InChI=1S/C18H37NO2/c1-5-6-7-8-9-10-15-21-17(20)12-11-16(13-14-19)18(2,3)4/h16H,5-15,19H2,1-4H3. The molecule has 0 radical (unpaired) electrons. The molecule has 0 saturated heterocycles. The fourth-order valence-electron chi connectivity index (χ4n) is 2.64. The van der Waals surface area contributed by atoms with Gasteiger partial charge in [0.2, 0.25) is 0 Å². The van der Waals surface area contributed by atoms with Crippen molar-refractivity contribution in [3.8, 4) is 0 Å². The van der Waals surface area contributed by atoms with Crippen molar-refractivity contribution in [2.75, 3.05) is 13.2 Å². The van der Waals surface area contributed by atoms with Gasteiger partial charge in [-0.2, -0.15) is 0 Å². The van der Waals surface area contributed by atoms with E-state index in [1.54, 1.807) is 0 Å². The molecule has 1 atom stereocenters. The number of hydrogen-bond donors (Lipinski definition) is 1. The van der Waals surface area contributed by atoms with Crippen LogP contribution in [-0.4, -0.2) is 19.1 Å². The topological polar surface area (TPSA) is 52.3 Å². The molecular formula is C18H37NO2. The Kier molecular flexibility index (Phi) is 11.7. The number of nitrogens with two attached hydrogens (primary N) is 1. The van der Waals surface area contributed by atoms with Gasteiger partial charge in [-0.25, -0.2) is 0 Å². The molecule has 1 unspecified atom stereocenters. The lowest BCUT2D eigenvalue weighted by Gasteiger charge is -2.30. The van der Waals surface area contributed by atoms with E-state index in [1.807, 2.05) is 0 Å². The van der Waals surface area contributed by atoms with Crippen LogP contribution in [0, 0.1) is 11.3 Å². The van der Waals surface area contributed by atoms with E-state index in [0.29, 0.717) is 25.5 Å². The molecule has 0 bridgehead atoms. The van der Waals surface area contributed by atoms with Gasteiger partial charge < -0.3 is 10.5 Å². The molecule has 0 amide bonds. The molecule has 3 heteroatoms. The molecule has 0 rings (SSSR count). The van der Waals surface area contributed by atoms with Crippen molar-refractivity contribution in [2.24, 2.45) is 17.1 Å². The first-order valence-corrected chi connectivity index (χ1v) is 8.77. The lowest BCUT2D eigenvalue weighted by molar-refractivity contribution is -0.144. The fraction of sp³-hybridized carbons (Fsp3) is 0.944. The second-order valence-corrected chi connectivity index (χ2v) is 7.17. The van der Waals surface area contributed by atoms with Crippen molar-refractivity contribution >= 4 is 5.97 Å². The smallest absolute Gasteiger partial charge is 0.305 e. The SMILES string of the molecule is CCCCCCCCOC(=O)CCC(CCN)C(C)(C)C. The van der Waals surface area contributed by atoms with Crippen LogP contribution in [0.4, 0.5) is 0 Å². The van der Waals surface area contributed by atoms with E-state index in [1.165, 1.54) is 32.1 Å². The molecule has 0 saturated carbocycles. The molecule has 2 N–H and O–H groups in total. The molecule has 0 fully saturated rings. The minimum absolute atomic E-state index is 0.0465. The van der Waals surface area contributed by atoms with E-state index < -0.39 is 0 Å². The Hall–Kier alpha value is -0.570. The summed E-state index contributed by atoms with van der Waals surface area (Å²) in [6.45, 7) is 10.1. The Morgan fingerprint density at radius 1 is 1.05 bits per heavy atom. The van der Waals surface area contributed by atoms with Gasteiger partial charge in [0, 0.05) is 6.42 Å². The predicted molar refractivity (Wildman–Crippen MR) is 90.2 cm³/mol. The number of carbonyl (C=O) groups is 1. The fourth-order valence-corrected chi connectivity index (χ4v) is 2.64. The highest BCUT2D eigenvalue weighted by molar-refractivity contribution is 5.69. The summed E-state index contributed by atoms with van der Waals surface area (Å²) < 4.78 is 5.32. The lowest BCUT2D eigenvalue weighted by Crippen LogP contribution is -2.24. The minimum atomic E-state index is -0.0465. The molecule has 0 aromatic rings. The van der Waals surface area contributed by atoms with E-state index >= 15 is 0 Å². The van der Waals surface area contributed by atoms with Gasteiger partial charge in [0.15, 0.2) is 0 Å². The maximum Gasteiger partial charge on any atom is 0.305 e. The third-order valence-electron chi connectivity index (χ3n) is 4.20. The zero-order valence-electron chi connectivity index (χ0n) is 14.7. The van der Waals surface area contributed by atoms with Crippen LogP contribution in [0.2, 0.25) is 0 Å². The Morgan fingerprint density at radius 3 is 2.24 bits per heavy atom. The van der Waals surface area contributed by atoms with Crippen LogP contribution < -0.4 is 5.73 Å². The maximum absolute atomic E-state index is 11.8. The van der Waals surface area contributed by atoms with Crippen LogP contribution >= 0.6 is 0 Å². The van der Waals surface area contributed by atoms with Gasteiger partial charge in [0.05, 0.1) is 6.61 Å². The summed E-state index contributed by atoms with van der Waals surface area (Å²) in [5.41, 5.74) is 5.87. The van der Waals surface area contributed by atoms with Crippen molar-refractivity contribution in [3.05, 3.63) is 0 Å². The molecule has 0 heterocycles. The van der Waals surface area contributed by atoms with Crippen molar-refractivity contribution < 1.29 is 9.53 Å². The van der Waals surface area contributed by atoms with Crippen LogP contribution in [0.25, 0.3) is 0 Å². The number of carbonyl (C=O) groups excluding carboxylic acids is 1. The summed E-state index contributed by atoms with van der Waals surface area (Å²) in [6, 6.07) is 0. The summed E-state index contributed by atoms with van der Waals surface area (Å²) >= 11 is 0. The van der Waals surface area contributed by atoms with Crippen LogP contribution in [0.1, 0.15) is 85.5 Å². The Morgan fingerprint density at radius 2 is 1.67 bits per heavy atom. The summed E-state index contributed by atoms with van der Waals surface area (Å²) in [6.07, 6.45) is 9.71. The normalized spacial score (nSPS) is 13.2. The molecule has 0 aliphatic heterocycles. The summed E-state index contributed by atoms with van der Waals surface area (Å²) in [4.78, 5) is 11.8. The molecule has 21 heavy (non-hydrogen) atoms. The van der Waals surface area contributed by atoms with Gasteiger partial charge in [-0.1, -0.05) is 59.8 Å². The van der Waals surface area contributed by atoms with E-state index in [0.717, 1.165) is 19.3 Å². The van der Waals surface area contributed by atoms with E-state index in [9.17, 15) is 4.79 Å². The molecule has 0 aromatic carbocycles. The third kappa shape index (κ3) is 11.7. The summed E-state index contributed by atoms with van der Waals surface area (Å²) in [5, 5.41) is 0. The first-order valence-electron chi connectivity index (χ1n) is 8.77. The molecule has 126 valence electrons. The predicted octanol–water partition coefficient (Wildman–Crippen LogP) is 4.68. The van der Waals surface area contributed by atoms with E-state index in [-0.39, 0.29) is 11.4 Å². The van der Waals surface area contributed by atoms with Gasteiger partial charge in [-0.3, -0.25) is 4.79 Å². The number of unbranched alkanes of at least 4 members (excludes halogenated alkanes) is 5. The summed E-state index contributed by atoms with van der Waals surface area (Å²) in [7, 11) is 0. The number of rotatable bonds is 12. The molecule has 3 nitrogen and oxygen atoms in total. The average Bonchev–Trinajstić information content (AvgIpc) is 2.41. The Bertz CT molecular complexity index is 258. The highest BCUT2D eigenvalue weighted by Crippen LogP contribution is 2.32. The third-order valence-corrected chi connectivity index (χ3v) is 4.20.